The molecule has 0 bridgehead atoms. The molecule has 1 amide bonds. The summed E-state index contributed by atoms with van der Waals surface area (Å²) in [6, 6.07) is 19.5. The molecule has 5 aromatic rings. The minimum Gasteiger partial charge on any atom is -0.344 e. The molecule has 0 fully saturated rings. The van der Waals surface area contributed by atoms with Crippen LogP contribution < -0.4 is 10.9 Å². The summed E-state index contributed by atoms with van der Waals surface area (Å²) in [4.78, 5) is 31.2. The Labute approximate surface area is 194 Å². The van der Waals surface area contributed by atoms with E-state index in [1.807, 2.05) is 43.3 Å². The zero-order valence-corrected chi connectivity index (χ0v) is 18.6. The van der Waals surface area contributed by atoms with E-state index in [4.69, 9.17) is 0 Å². The van der Waals surface area contributed by atoms with E-state index in [1.165, 1.54) is 0 Å². The summed E-state index contributed by atoms with van der Waals surface area (Å²) in [6.45, 7) is 3.58. The molecule has 2 aromatic carbocycles. The van der Waals surface area contributed by atoms with Crippen LogP contribution in [-0.4, -0.2) is 25.1 Å². The molecule has 8 nitrogen and oxygen atoms in total. The first-order valence-electron chi connectivity index (χ1n) is 10.7. The van der Waals surface area contributed by atoms with Crippen molar-refractivity contribution >= 4 is 22.3 Å². The van der Waals surface area contributed by atoms with Gasteiger partial charge in [0.25, 0.3) is 11.5 Å². The molecule has 5 rings (SSSR count). The summed E-state index contributed by atoms with van der Waals surface area (Å²) in [5, 5.41) is 17.9. The Balaban J connectivity index is 1.65. The van der Waals surface area contributed by atoms with Gasteiger partial charge < -0.3 is 5.32 Å². The first-order valence-corrected chi connectivity index (χ1v) is 10.7. The van der Waals surface area contributed by atoms with E-state index in [9.17, 15) is 14.9 Å². The van der Waals surface area contributed by atoms with Gasteiger partial charge in [-0.1, -0.05) is 30.3 Å². The summed E-state index contributed by atoms with van der Waals surface area (Å²) in [7, 11) is 0. The molecule has 0 radical (unpaired) electrons. The lowest BCUT2D eigenvalue weighted by atomic mass is 10.0. The fourth-order valence-electron chi connectivity index (χ4n) is 4.24. The zero-order chi connectivity index (χ0) is 23.8. The Morgan fingerprint density at radius 2 is 1.91 bits per heavy atom. The number of carbonyl (C=O) groups excluding carboxylic acids is 1. The van der Waals surface area contributed by atoms with Crippen LogP contribution in [0.4, 0.5) is 0 Å². The summed E-state index contributed by atoms with van der Waals surface area (Å²) in [5.41, 5.74) is 2.63. The number of nitrogens with zero attached hydrogens (tertiary/aromatic N) is 5. The Morgan fingerprint density at radius 3 is 2.68 bits per heavy atom. The number of para-hydroxylation sites is 1. The number of benzene rings is 2. The molecular formula is C26H20N6O2. The van der Waals surface area contributed by atoms with Gasteiger partial charge in [0.2, 0.25) is 0 Å². The maximum Gasteiger partial charge on any atom is 0.264 e. The molecule has 1 atom stereocenters. The molecule has 0 aliphatic rings. The van der Waals surface area contributed by atoms with E-state index in [0.717, 1.165) is 0 Å². The number of nitriles is 1. The van der Waals surface area contributed by atoms with Gasteiger partial charge >= 0.3 is 0 Å². The Morgan fingerprint density at radius 1 is 1.12 bits per heavy atom. The van der Waals surface area contributed by atoms with Crippen molar-refractivity contribution in [3.8, 4) is 11.8 Å². The smallest absolute Gasteiger partial charge is 0.264 e. The van der Waals surface area contributed by atoms with E-state index in [-0.39, 0.29) is 11.5 Å². The Kier molecular flexibility index (Phi) is 5.15. The van der Waals surface area contributed by atoms with Crippen LogP contribution in [-0.2, 0) is 0 Å². The maximum atomic E-state index is 13.7. The van der Waals surface area contributed by atoms with Crippen LogP contribution in [0.2, 0.25) is 0 Å². The molecule has 0 aliphatic heterocycles. The number of nitrogens with one attached hydrogen (secondary N) is 1. The lowest BCUT2D eigenvalue weighted by Gasteiger charge is -2.21. The van der Waals surface area contributed by atoms with Gasteiger partial charge in [-0.25, -0.2) is 9.50 Å². The second kappa shape index (κ2) is 8.30. The average Bonchev–Trinajstić information content (AvgIpc) is 3.19. The second-order valence-electron chi connectivity index (χ2n) is 7.97. The van der Waals surface area contributed by atoms with Gasteiger partial charge in [0.05, 0.1) is 28.8 Å². The second-order valence-corrected chi connectivity index (χ2v) is 7.97. The normalized spacial score (nSPS) is 11.9. The topological polar surface area (TPSA) is 105 Å². The van der Waals surface area contributed by atoms with Gasteiger partial charge in [-0.05, 0) is 49.6 Å². The van der Waals surface area contributed by atoms with E-state index in [1.54, 1.807) is 52.7 Å². The van der Waals surface area contributed by atoms with E-state index in [0.29, 0.717) is 44.6 Å². The quantitative estimate of drug-likeness (QED) is 0.451. The molecule has 8 heteroatoms. The summed E-state index contributed by atoms with van der Waals surface area (Å²) in [5.74, 6) is -0.336. The molecule has 0 saturated carbocycles. The highest BCUT2D eigenvalue weighted by molar-refractivity contribution is 6.01. The predicted octanol–water partition coefficient (Wildman–Crippen LogP) is 3.70. The van der Waals surface area contributed by atoms with Crippen LogP contribution in [0.15, 0.2) is 77.9 Å². The number of rotatable bonds is 4. The summed E-state index contributed by atoms with van der Waals surface area (Å²) >= 11 is 0. The number of carbonyl (C=O) groups is 1. The van der Waals surface area contributed by atoms with Crippen molar-refractivity contribution in [2.24, 2.45) is 0 Å². The monoisotopic (exact) mass is 448 g/mol. The van der Waals surface area contributed by atoms with Crippen LogP contribution in [0.25, 0.3) is 22.1 Å². The standard InChI is InChI=1S/C26H20N6O2/c1-16(29-25(33)22-17(2)30-31-13-7-12-28-24(22)31)21-14-18-8-6-9-19(15-27)23(18)26(34)32(21)20-10-4-3-5-11-20/h3-14,16H,1-2H3,(H,29,33)/t16-/m0/s1. The third-order valence-electron chi connectivity index (χ3n) is 5.80. The molecular weight excluding hydrogens is 428 g/mol. The van der Waals surface area contributed by atoms with Gasteiger partial charge in [0.1, 0.15) is 5.56 Å². The van der Waals surface area contributed by atoms with Crippen molar-refractivity contribution in [1.29, 1.82) is 5.26 Å². The van der Waals surface area contributed by atoms with Crippen molar-refractivity contribution in [2.75, 3.05) is 0 Å². The highest BCUT2D eigenvalue weighted by Crippen LogP contribution is 2.24. The molecule has 3 aromatic heterocycles. The van der Waals surface area contributed by atoms with Crippen molar-refractivity contribution in [1.82, 2.24) is 24.5 Å². The summed E-state index contributed by atoms with van der Waals surface area (Å²) < 4.78 is 3.11. The van der Waals surface area contributed by atoms with Crippen molar-refractivity contribution in [2.45, 2.75) is 19.9 Å². The zero-order valence-electron chi connectivity index (χ0n) is 18.6. The third-order valence-corrected chi connectivity index (χ3v) is 5.80. The first kappa shape index (κ1) is 21.1. The number of aromatic nitrogens is 4. The number of fused-ring (bicyclic) bond motifs is 2. The van der Waals surface area contributed by atoms with Crippen LogP contribution >= 0.6 is 0 Å². The van der Waals surface area contributed by atoms with Crippen LogP contribution in [0.3, 0.4) is 0 Å². The van der Waals surface area contributed by atoms with Crippen LogP contribution in [0, 0.1) is 18.3 Å². The largest absolute Gasteiger partial charge is 0.344 e. The van der Waals surface area contributed by atoms with E-state index < -0.39 is 6.04 Å². The summed E-state index contributed by atoms with van der Waals surface area (Å²) in [6.07, 6.45) is 3.35. The van der Waals surface area contributed by atoms with Gasteiger partial charge in [-0.2, -0.15) is 10.4 Å². The highest BCUT2D eigenvalue weighted by Gasteiger charge is 2.23. The number of pyridine rings is 1. The third kappa shape index (κ3) is 3.40. The number of amides is 1. The fraction of sp³-hybridized carbons (Fsp3) is 0.115. The van der Waals surface area contributed by atoms with Crippen LogP contribution in [0.5, 0.6) is 0 Å². The predicted molar refractivity (Wildman–Crippen MR) is 128 cm³/mol. The van der Waals surface area contributed by atoms with Crippen molar-refractivity contribution < 1.29 is 4.79 Å². The SMILES string of the molecule is Cc1nn2cccnc2c1C(=O)N[C@@H](C)c1cc2cccc(C#N)c2c(=O)n1-c1ccccc1. The molecule has 3 heterocycles. The first-order chi connectivity index (χ1) is 16.5. The molecule has 0 unspecified atom stereocenters. The lowest BCUT2D eigenvalue weighted by Crippen LogP contribution is -2.32. The van der Waals surface area contributed by atoms with E-state index >= 15 is 0 Å². The number of hydrogen-bond donors (Lipinski definition) is 1. The maximum absolute atomic E-state index is 13.7. The fourth-order valence-corrected chi connectivity index (χ4v) is 4.24. The number of aryl methyl sites for hydroxylation is 1. The molecule has 1 N–H and O–H groups in total. The van der Waals surface area contributed by atoms with Crippen LogP contribution in [0.1, 0.15) is 40.3 Å². The highest BCUT2D eigenvalue weighted by atomic mass is 16.2. The number of hydrogen-bond acceptors (Lipinski definition) is 5. The molecule has 34 heavy (non-hydrogen) atoms. The van der Waals surface area contributed by atoms with Gasteiger partial charge in [0, 0.05) is 23.8 Å². The molecule has 0 aliphatic carbocycles. The van der Waals surface area contributed by atoms with E-state index in [2.05, 4.69) is 21.5 Å². The minimum atomic E-state index is -0.534. The molecule has 166 valence electrons. The minimum absolute atomic E-state index is 0.309. The van der Waals surface area contributed by atoms with Gasteiger partial charge in [-0.15, -0.1) is 0 Å². The van der Waals surface area contributed by atoms with Gasteiger partial charge in [0.15, 0.2) is 5.65 Å². The Bertz CT molecular complexity index is 1660. The van der Waals surface area contributed by atoms with Crippen molar-refractivity contribution in [3.63, 3.8) is 0 Å². The molecule has 0 spiro atoms. The molecule has 0 saturated heterocycles. The average molecular weight is 448 g/mol. The lowest BCUT2D eigenvalue weighted by molar-refractivity contribution is 0.0939. The van der Waals surface area contributed by atoms with Gasteiger partial charge in [-0.3, -0.25) is 14.2 Å². The van der Waals surface area contributed by atoms with Crippen molar-refractivity contribution in [3.05, 3.63) is 106 Å². The Hall–Kier alpha value is -4.77.